The predicted octanol–water partition coefficient (Wildman–Crippen LogP) is 3.74. The van der Waals surface area contributed by atoms with Gasteiger partial charge in [-0.05, 0) is 36.4 Å². The van der Waals surface area contributed by atoms with Crippen LogP contribution in [-0.2, 0) is 6.54 Å². The van der Waals surface area contributed by atoms with Crippen molar-refractivity contribution in [2.45, 2.75) is 6.54 Å². The van der Waals surface area contributed by atoms with Gasteiger partial charge in [-0.25, -0.2) is 14.2 Å². The first-order valence-electron chi connectivity index (χ1n) is 10.7. The third kappa shape index (κ3) is 4.95. The summed E-state index contributed by atoms with van der Waals surface area (Å²) in [7, 11) is 1.50. The average molecular weight is 538 g/mol. The van der Waals surface area contributed by atoms with Crippen molar-refractivity contribution in [3.8, 4) is 28.3 Å². The minimum atomic E-state index is -1.05. The summed E-state index contributed by atoms with van der Waals surface area (Å²) < 4.78 is 9.97. The molecule has 0 saturated carbocycles. The van der Waals surface area contributed by atoms with Gasteiger partial charge in [-0.3, -0.25) is 4.79 Å². The number of carboxylic acids is 1. The monoisotopic (exact) mass is 537 g/mol. The molecule has 0 fully saturated rings. The number of methoxy groups -OCH3 is 1. The van der Waals surface area contributed by atoms with Crippen LogP contribution in [0.3, 0.4) is 0 Å². The second-order valence-electron chi connectivity index (χ2n) is 7.88. The molecular formula is C24H17Cl2N7O4. The van der Waals surface area contributed by atoms with Gasteiger partial charge in [0.25, 0.3) is 5.56 Å². The van der Waals surface area contributed by atoms with Crippen LogP contribution < -0.4 is 10.3 Å². The molecule has 0 unspecified atom stereocenters. The third-order valence-corrected chi connectivity index (χ3v) is 5.91. The van der Waals surface area contributed by atoms with Gasteiger partial charge < -0.3 is 14.4 Å². The zero-order valence-electron chi connectivity index (χ0n) is 19.1. The standard InChI is InChI=1S/C24H17Cl2N7O4/c1-37-21-12-31(10-16-11-32(29-27-16)17-4-2-3-14(7-17)24(35)36)23(34)9-19(21)18-8-15(25)5-6-20(18)33-13-22(26)28-30-33/h2-9,11-13H,10H2,1H3,(H,35,36). The van der Waals surface area contributed by atoms with Gasteiger partial charge in [-0.1, -0.05) is 39.7 Å². The second kappa shape index (κ2) is 9.88. The van der Waals surface area contributed by atoms with E-state index in [4.69, 9.17) is 27.9 Å². The molecule has 3 aromatic heterocycles. The Morgan fingerprint density at radius 1 is 0.973 bits per heavy atom. The Morgan fingerprint density at radius 2 is 1.78 bits per heavy atom. The van der Waals surface area contributed by atoms with Crippen molar-refractivity contribution < 1.29 is 14.6 Å². The van der Waals surface area contributed by atoms with Gasteiger partial charge in [-0.2, -0.15) is 0 Å². The molecule has 5 aromatic rings. The van der Waals surface area contributed by atoms with Crippen LogP contribution in [-0.4, -0.2) is 52.7 Å². The van der Waals surface area contributed by atoms with E-state index in [-0.39, 0.29) is 22.8 Å². The van der Waals surface area contributed by atoms with Crippen LogP contribution in [0.25, 0.3) is 22.5 Å². The van der Waals surface area contributed by atoms with E-state index in [2.05, 4.69) is 20.6 Å². The van der Waals surface area contributed by atoms with Crippen molar-refractivity contribution in [3.05, 3.63) is 98.9 Å². The summed E-state index contributed by atoms with van der Waals surface area (Å²) in [6, 6.07) is 12.9. The molecule has 1 N–H and O–H groups in total. The summed E-state index contributed by atoms with van der Waals surface area (Å²) >= 11 is 12.2. The zero-order chi connectivity index (χ0) is 26.1. The maximum atomic E-state index is 13.1. The van der Waals surface area contributed by atoms with Crippen LogP contribution in [0, 0.1) is 0 Å². The number of aromatic nitrogens is 7. The maximum Gasteiger partial charge on any atom is 0.335 e. The molecule has 13 heteroatoms. The molecule has 0 aliphatic heterocycles. The molecule has 0 saturated heterocycles. The topological polar surface area (TPSA) is 130 Å². The number of carbonyl (C=O) groups is 1. The van der Waals surface area contributed by atoms with Crippen molar-refractivity contribution in [3.63, 3.8) is 0 Å². The predicted molar refractivity (Wildman–Crippen MR) is 135 cm³/mol. The van der Waals surface area contributed by atoms with Gasteiger partial charge >= 0.3 is 5.97 Å². The molecule has 5 rings (SSSR count). The average Bonchev–Trinajstić information content (AvgIpc) is 3.54. The maximum absolute atomic E-state index is 13.1. The van der Waals surface area contributed by atoms with E-state index in [1.54, 1.807) is 42.7 Å². The summed E-state index contributed by atoms with van der Waals surface area (Å²) in [6.45, 7) is 0.106. The van der Waals surface area contributed by atoms with E-state index in [1.165, 1.54) is 45.4 Å². The van der Waals surface area contributed by atoms with Crippen LogP contribution in [0.2, 0.25) is 10.2 Å². The third-order valence-electron chi connectivity index (χ3n) is 5.50. The number of halogens is 2. The fourth-order valence-corrected chi connectivity index (χ4v) is 4.09. The van der Waals surface area contributed by atoms with E-state index in [0.717, 1.165) is 0 Å². The SMILES string of the molecule is COc1cn(Cc2cn(-c3cccc(C(=O)O)c3)nn2)c(=O)cc1-c1cc(Cl)ccc1-n1cc(Cl)nn1. The number of carboxylic acid groups (broad SMARTS) is 1. The van der Waals surface area contributed by atoms with Gasteiger partial charge in [-0.15, -0.1) is 10.2 Å². The molecule has 0 aliphatic rings. The summed E-state index contributed by atoms with van der Waals surface area (Å²) in [5.74, 6) is -0.633. The molecular weight excluding hydrogens is 521 g/mol. The molecule has 37 heavy (non-hydrogen) atoms. The summed E-state index contributed by atoms with van der Waals surface area (Å²) in [5.41, 5.74) is 2.52. The van der Waals surface area contributed by atoms with E-state index >= 15 is 0 Å². The molecule has 0 amide bonds. The summed E-state index contributed by atoms with van der Waals surface area (Å²) in [5, 5.41) is 25.9. The molecule has 2 aromatic carbocycles. The Balaban J connectivity index is 1.50. The van der Waals surface area contributed by atoms with E-state index < -0.39 is 5.97 Å². The Hall–Kier alpha value is -4.48. The minimum absolute atomic E-state index is 0.106. The number of nitrogens with zero attached hydrogens (tertiary/aromatic N) is 7. The Labute approximate surface area is 219 Å². The van der Waals surface area contributed by atoms with Gasteiger partial charge in [0.15, 0.2) is 5.15 Å². The van der Waals surface area contributed by atoms with Crippen molar-refractivity contribution in [2.24, 2.45) is 0 Å². The van der Waals surface area contributed by atoms with Crippen molar-refractivity contribution >= 4 is 29.2 Å². The smallest absolute Gasteiger partial charge is 0.335 e. The fraction of sp³-hybridized carbons (Fsp3) is 0.0833. The molecule has 11 nitrogen and oxygen atoms in total. The molecule has 0 aliphatic carbocycles. The Bertz CT molecular complexity index is 1690. The number of benzene rings is 2. The van der Waals surface area contributed by atoms with Gasteiger partial charge in [0.2, 0.25) is 0 Å². The van der Waals surface area contributed by atoms with Crippen LogP contribution in [0.15, 0.2) is 71.9 Å². The van der Waals surface area contributed by atoms with Crippen LogP contribution in [0.5, 0.6) is 5.75 Å². The zero-order valence-corrected chi connectivity index (χ0v) is 20.6. The van der Waals surface area contributed by atoms with Crippen molar-refractivity contribution in [1.29, 1.82) is 0 Å². The summed E-state index contributed by atoms with van der Waals surface area (Å²) in [6.07, 6.45) is 4.73. The molecule has 0 spiro atoms. The Kier molecular flexibility index (Phi) is 6.47. The molecule has 0 bridgehead atoms. The molecule has 0 atom stereocenters. The lowest BCUT2D eigenvalue weighted by atomic mass is 10.0. The van der Waals surface area contributed by atoms with Gasteiger partial charge in [0, 0.05) is 22.2 Å². The van der Waals surface area contributed by atoms with E-state index in [9.17, 15) is 14.7 Å². The highest BCUT2D eigenvalue weighted by atomic mass is 35.5. The quantitative estimate of drug-likeness (QED) is 0.332. The molecule has 0 radical (unpaired) electrons. The highest BCUT2D eigenvalue weighted by Gasteiger charge is 2.17. The van der Waals surface area contributed by atoms with E-state index in [0.29, 0.717) is 39.0 Å². The highest BCUT2D eigenvalue weighted by molar-refractivity contribution is 6.31. The highest BCUT2D eigenvalue weighted by Crippen LogP contribution is 2.35. The number of pyridine rings is 1. The molecule has 3 heterocycles. The van der Waals surface area contributed by atoms with Crippen LogP contribution >= 0.6 is 23.2 Å². The number of aromatic carboxylic acids is 1. The second-order valence-corrected chi connectivity index (χ2v) is 8.70. The first kappa shape index (κ1) is 24.2. The summed E-state index contributed by atoms with van der Waals surface area (Å²) in [4.78, 5) is 24.4. The van der Waals surface area contributed by atoms with Crippen LogP contribution in [0.1, 0.15) is 16.1 Å². The largest absolute Gasteiger partial charge is 0.495 e. The Morgan fingerprint density at radius 3 is 2.51 bits per heavy atom. The molecule has 186 valence electrons. The van der Waals surface area contributed by atoms with Gasteiger partial charge in [0.05, 0.1) is 49.2 Å². The number of hydrogen-bond acceptors (Lipinski definition) is 7. The lowest BCUT2D eigenvalue weighted by molar-refractivity contribution is 0.0697. The lowest BCUT2D eigenvalue weighted by Crippen LogP contribution is -2.20. The van der Waals surface area contributed by atoms with Crippen molar-refractivity contribution in [2.75, 3.05) is 7.11 Å². The van der Waals surface area contributed by atoms with Crippen LogP contribution in [0.4, 0.5) is 0 Å². The number of rotatable bonds is 7. The lowest BCUT2D eigenvalue weighted by Gasteiger charge is -2.15. The first-order valence-corrected chi connectivity index (χ1v) is 11.5. The number of ether oxygens (including phenoxy) is 1. The minimum Gasteiger partial charge on any atom is -0.495 e. The first-order chi connectivity index (χ1) is 17.8. The van der Waals surface area contributed by atoms with E-state index in [1.807, 2.05) is 0 Å². The fourth-order valence-electron chi connectivity index (χ4n) is 3.79. The normalized spacial score (nSPS) is 11.0. The van der Waals surface area contributed by atoms with Gasteiger partial charge in [0.1, 0.15) is 11.4 Å². The van der Waals surface area contributed by atoms with Crippen molar-refractivity contribution in [1.82, 2.24) is 34.6 Å². The number of hydrogen-bond donors (Lipinski definition) is 1.